The first kappa shape index (κ1) is 16.5. The maximum atomic E-state index is 12.7. The molecule has 1 aromatic heterocycles. The molecule has 0 radical (unpaired) electrons. The first-order valence-electron chi connectivity index (χ1n) is 8.06. The van der Waals surface area contributed by atoms with Crippen molar-refractivity contribution in [2.45, 2.75) is 12.5 Å². The molecule has 4 amide bonds. The molecule has 24 heavy (non-hydrogen) atoms. The van der Waals surface area contributed by atoms with Crippen LogP contribution in [0.3, 0.4) is 0 Å². The molecule has 2 fully saturated rings. The van der Waals surface area contributed by atoms with Gasteiger partial charge in [0.05, 0.1) is 19.7 Å². The monoisotopic (exact) mass is 334 g/mol. The van der Waals surface area contributed by atoms with Gasteiger partial charge in [-0.2, -0.15) is 0 Å². The van der Waals surface area contributed by atoms with Crippen LogP contribution >= 0.6 is 0 Å². The molecular formula is C16H22N4O4. The topological polar surface area (TPSA) is 75.1 Å². The van der Waals surface area contributed by atoms with E-state index in [1.54, 1.807) is 20.4 Å². The van der Waals surface area contributed by atoms with Gasteiger partial charge >= 0.3 is 6.03 Å². The molecule has 3 rings (SSSR count). The molecule has 3 heterocycles. The van der Waals surface area contributed by atoms with Gasteiger partial charge in [0, 0.05) is 33.4 Å². The number of methoxy groups -OCH3 is 1. The lowest BCUT2D eigenvalue weighted by Gasteiger charge is -2.23. The Hall–Kier alpha value is -2.35. The molecule has 0 bridgehead atoms. The minimum Gasteiger partial charge on any atom is -0.383 e. The van der Waals surface area contributed by atoms with Crippen LogP contribution in [-0.4, -0.2) is 83.0 Å². The molecule has 1 atom stereocenters. The van der Waals surface area contributed by atoms with Crippen molar-refractivity contribution in [1.29, 1.82) is 0 Å². The zero-order chi connectivity index (χ0) is 17.3. The Balaban J connectivity index is 1.77. The number of rotatable bonds is 4. The highest BCUT2D eigenvalue weighted by atomic mass is 16.5. The van der Waals surface area contributed by atoms with Gasteiger partial charge in [0.2, 0.25) is 0 Å². The molecule has 130 valence electrons. The second kappa shape index (κ2) is 6.64. The van der Waals surface area contributed by atoms with Gasteiger partial charge in [-0.15, -0.1) is 0 Å². The van der Waals surface area contributed by atoms with E-state index >= 15 is 0 Å². The number of aromatic nitrogens is 1. The molecule has 2 aliphatic heterocycles. The van der Waals surface area contributed by atoms with E-state index in [4.69, 9.17) is 4.74 Å². The highest BCUT2D eigenvalue weighted by Crippen LogP contribution is 2.22. The highest BCUT2D eigenvalue weighted by molar-refractivity contribution is 6.05. The summed E-state index contributed by atoms with van der Waals surface area (Å²) in [6.45, 7) is 1.81. The second-order valence-corrected chi connectivity index (χ2v) is 6.08. The number of ether oxygens (including phenoxy) is 1. The largest absolute Gasteiger partial charge is 0.383 e. The van der Waals surface area contributed by atoms with Crippen LogP contribution in [0, 0.1) is 0 Å². The number of fused-ring (bicyclic) bond motifs is 1. The standard InChI is InChI=1S/C16H22N4O4/c1-17-6-3-5-12(17)14(21)18-7-4-8-19-13(11-18)15(22)20(16(19)23)9-10-24-2/h3,5-6,13H,4,7-11H2,1-2H3. The number of hydrogen-bond donors (Lipinski definition) is 0. The Morgan fingerprint density at radius 3 is 2.79 bits per heavy atom. The summed E-state index contributed by atoms with van der Waals surface area (Å²) in [5.74, 6) is -0.358. The average molecular weight is 334 g/mol. The molecule has 8 heteroatoms. The van der Waals surface area contributed by atoms with Crippen LogP contribution in [0.25, 0.3) is 0 Å². The predicted molar refractivity (Wildman–Crippen MR) is 85.4 cm³/mol. The van der Waals surface area contributed by atoms with E-state index in [2.05, 4.69) is 0 Å². The number of imide groups is 1. The van der Waals surface area contributed by atoms with Crippen LogP contribution in [0.4, 0.5) is 4.79 Å². The summed E-state index contributed by atoms with van der Waals surface area (Å²) >= 11 is 0. The molecule has 1 unspecified atom stereocenters. The van der Waals surface area contributed by atoms with Gasteiger partial charge in [-0.3, -0.25) is 14.5 Å². The smallest absolute Gasteiger partial charge is 0.327 e. The molecule has 0 N–H and O–H groups in total. The summed E-state index contributed by atoms with van der Waals surface area (Å²) in [6.07, 6.45) is 2.47. The third-order valence-electron chi connectivity index (χ3n) is 4.59. The Morgan fingerprint density at radius 2 is 2.12 bits per heavy atom. The van der Waals surface area contributed by atoms with Gasteiger partial charge < -0.3 is 19.1 Å². The van der Waals surface area contributed by atoms with Gasteiger partial charge in [-0.1, -0.05) is 0 Å². The fraction of sp³-hybridized carbons (Fsp3) is 0.562. The minimum atomic E-state index is -0.596. The SMILES string of the molecule is COCCN1C(=O)C2CN(C(=O)c3cccn3C)CCCN2C1=O. The number of carbonyl (C=O) groups is 3. The Bertz CT molecular complexity index is 656. The summed E-state index contributed by atoms with van der Waals surface area (Å²) in [5, 5.41) is 0. The Morgan fingerprint density at radius 1 is 1.33 bits per heavy atom. The first-order chi connectivity index (χ1) is 11.5. The third-order valence-corrected chi connectivity index (χ3v) is 4.59. The van der Waals surface area contributed by atoms with Crippen LogP contribution in [0.2, 0.25) is 0 Å². The lowest BCUT2D eigenvalue weighted by atomic mass is 10.2. The summed E-state index contributed by atoms with van der Waals surface area (Å²) < 4.78 is 6.73. The lowest BCUT2D eigenvalue weighted by molar-refractivity contribution is -0.128. The maximum absolute atomic E-state index is 12.7. The number of nitrogens with zero attached hydrogens (tertiary/aromatic N) is 4. The molecule has 8 nitrogen and oxygen atoms in total. The van der Waals surface area contributed by atoms with E-state index < -0.39 is 6.04 Å². The highest BCUT2D eigenvalue weighted by Gasteiger charge is 2.46. The number of aryl methyl sites for hydroxylation is 1. The van der Waals surface area contributed by atoms with Crippen molar-refractivity contribution in [2.75, 3.05) is 39.9 Å². The van der Waals surface area contributed by atoms with Gasteiger partial charge in [-0.25, -0.2) is 4.79 Å². The molecule has 0 aliphatic carbocycles. The Kier molecular flexibility index (Phi) is 4.57. The third kappa shape index (κ3) is 2.77. The predicted octanol–water partition coefficient (Wildman–Crippen LogP) is 0.150. The Labute approximate surface area is 140 Å². The summed E-state index contributed by atoms with van der Waals surface area (Å²) in [7, 11) is 3.34. The zero-order valence-electron chi connectivity index (χ0n) is 14.0. The first-order valence-corrected chi connectivity index (χ1v) is 8.06. The summed E-state index contributed by atoms with van der Waals surface area (Å²) in [6, 6.07) is 2.70. The van der Waals surface area contributed by atoms with Crippen LogP contribution in [0.15, 0.2) is 18.3 Å². The average Bonchev–Trinajstić information content (AvgIpc) is 2.98. The number of amides is 4. The van der Waals surface area contributed by atoms with Crippen molar-refractivity contribution in [3.63, 3.8) is 0 Å². The van der Waals surface area contributed by atoms with E-state index in [-0.39, 0.29) is 30.9 Å². The number of hydrogen-bond acceptors (Lipinski definition) is 4. The zero-order valence-corrected chi connectivity index (χ0v) is 14.0. The fourth-order valence-electron chi connectivity index (χ4n) is 3.27. The molecule has 1 aromatic rings. The van der Waals surface area contributed by atoms with Crippen molar-refractivity contribution in [1.82, 2.24) is 19.3 Å². The second-order valence-electron chi connectivity index (χ2n) is 6.08. The summed E-state index contributed by atoms with van der Waals surface area (Å²) in [5.41, 5.74) is 0.580. The van der Waals surface area contributed by atoms with E-state index in [0.29, 0.717) is 31.8 Å². The quantitative estimate of drug-likeness (QED) is 0.735. The minimum absolute atomic E-state index is 0.111. The number of urea groups is 1. The maximum Gasteiger partial charge on any atom is 0.327 e. The van der Waals surface area contributed by atoms with Crippen LogP contribution < -0.4 is 0 Å². The van der Waals surface area contributed by atoms with Gasteiger partial charge in [-0.05, 0) is 18.6 Å². The normalized spacial score (nSPS) is 21.2. The van der Waals surface area contributed by atoms with Crippen molar-refractivity contribution >= 4 is 17.8 Å². The lowest BCUT2D eigenvalue weighted by Crippen LogP contribution is -2.44. The van der Waals surface area contributed by atoms with Crippen molar-refractivity contribution < 1.29 is 19.1 Å². The van der Waals surface area contributed by atoms with Crippen LogP contribution in [-0.2, 0) is 16.6 Å². The van der Waals surface area contributed by atoms with Gasteiger partial charge in [0.1, 0.15) is 11.7 Å². The molecule has 2 saturated heterocycles. The molecule has 0 aromatic carbocycles. The van der Waals surface area contributed by atoms with Crippen LogP contribution in [0.5, 0.6) is 0 Å². The molecule has 2 aliphatic rings. The van der Waals surface area contributed by atoms with Crippen LogP contribution in [0.1, 0.15) is 16.9 Å². The van der Waals surface area contributed by atoms with E-state index in [1.165, 1.54) is 12.0 Å². The molecule has 0 spiro atoms. The van der Waals surface area contributed by atoms with Crippen molar-refractivity contribution in [3.8, 4) is 0 Å². The van der Waals surface area contributed by atoms with E-state index in [1.807, 2.05) is 19.3 Å². The van der Waals surface area contributed by atoms with Crippen molar-refractivity contribution in [2.24, 2.45) is 7.05 Å². The fourth-order valence-corrected chi connectivity index (χ4v) is 3.27. The van der Waals surface area contributed by atoms with E-state index in [0.717, 1.165) is 0 Å². The summed E-state index contributed by atoms with van der Waals surface area (Å²) in [4.78, 5) is 42.2. The van der Waals surface area contributed by atoms with Gasteiger partial charge in [0.15, 0.2) is 0 Å². The van der Waals surface area contributed by atoms with Gasteiger partial charge in [0.25, 0.3) is 11.8 Å². The van der Waals surface area contributed by atoms with E-state index in [9.17, 15) is 14.4 Å². The molecular weight excluding hydrogens is 312 g/mol. The van der Waals surface area contributed by atoms with Crippen molar-refractivity contribution in [3.05, 3.63) is 24.0 Å². The molecule has 0 saturated carbocycles. The number of carbonyl (C=O) groups excluding carboxylic acids is 3.